The van der Waals surface area contributed by atoms with Gasteiger partial charge in [0.25, 0.3) is 11.8 Å². The summed E-state index contributed by atoms with van der Waals surface area (Å²) in [6.07, 6.45) is 0.443. The molecule has 1 aromatic heterocycles. The number of amides is 2. The summed E-state index contributed by atoms with van der Waals surface area (Å²) in [6, 6.07) is 17.6. The predicted molar refractivity (Wildman–Crippen MR) is 103 cm³/mol. The Morgan fingerprint density at radius 3 is 2.45 bits per heavy atom. The number of hydrogen-bond donors (Lipinski definition) is 2. The van der Waals surface area contributed by atoms with E-state index in [1.54, 1.807) is 36.4 Å². The normalized spacial score (nSPS) is 11.2. The van der Waals surface area contributed by atoms with Gasteiger partial charge in [0.05, 0.1) is 0 Å². The van der Waals surface area contributed by atoms with Crippen molar-refractivity contribution in [1.29, 1.82) is 0 Å². The fourth-order valence-corrected chi connectivity index (χ4v) is 2.32. The smallest absolute Gasteiger partial charge is 0.279 e. The van der Waals surface area contributed by atoms with Crippen LogP contribution in [0.25, 0.3) is 0 Å². The number of halogens is 1. The zero-order chi connectivity index (χ0) is 20.6. The van der Waals surface area contributed by atoms with Crippen LogP contribution in [-0.4, -0.2) is 22.9 Å². The number of pyridine rings is 1. The summed E-state index contributed by atoms with van der Waals surface area (Å²) < 4.78 is 24.5. The zero-order valence-electron chi connectivity index (χ0n) is 15.5. The molecular formula is C21H18FN3O4. The van der Waals surface area contributed by atoms with Crippen LogP contribution in [-0.2, 0) is 4.79 Å². The van der Waals surface area contributed by atoms with Crippen molar-refractivity contribution in [3.05, 3.63) is 84.3 Å². The van der Waals surface area contributed by atoms with Gasteiger partial charge in [-0.05, 0) is 43.3 Å². The lowest BCUT2D eigenvalue weighted by atomic mass is 10.2. The van der Waals surface area contributed by atoms with Gasteiger partial charge in [0.2, 0.25) is 5.88 Å². The first kappa shape index (κ1) is 19.8. The van der Waals surface area contributed by atoms with Crippen molar-refractivity contribution < 1.29 is 23.5 Å². The zero-order valence-corrected chi connectivity index (χ0v) is 15.5. The molecule has 1 heterocycles. The Hall–Kier alpha value is -3.94. The number of nitrogens with one attached hydrogen (secondary N) is 2. The molecule has 3 rings (SSSR count). The third kappa shape index (κ3) is 5.29. The van der Waals surface area contributed by atoms with Gasteiger partial charge in [0.1, 0.15) is 11.3 Å². The molecule has 29 heavy (non-hydrogen) atoms. The fourth-order valence-electron chi connectivity index (χ4n) is 2.32. The summed E-state index contributed by atoms with van der Waals surface area (Å²) in [5.74, 6) is -1.34. The highest BCUT2D eigenvalue weighted by Crippen LogP contribution is 2.22. The van der Waals surface area contributed by atoms with E-state index < -0.39 is 23.7 Å². The van der Waals surface area contributed by atoms with E-state index in [1.165, 1.54) is 37.4 Å². The first-order valence-electron chi connectivity index (χ1n) is 8.74. The van der Waals surface area contributed by atoms with Crippen molar-refractivity contribution in [3.63, 3.8) is 0 Å². The van der Waals surface area contributed by atoms with Gasteiger partial charge in [0, 0.05) is 6.20 Å². The van der Waals surface area contributed by atoms with E-state index in [0.717, 1.165) is 0 Å². The second kappa shape index (κ2) is 9.32. The highest BCUT2D eigenvalue weighted by molar-refractivity contribution is 5.97. The van der Waals surface area contributed by atoms with Gasteiger partial charge < -0.3 is 9.47 Å². The third-order valence-electron chi connectivity index (χ3n) is 3.78. The van der Waals surface area contributed by atoms with E-state index in [-0.39, 0.29) is 17.2 Å². The van der Waals surface area contributed by atoms with Crippen LogP contribution in [0.5, 0.6) is 17.4 Å². The third-order valence-corrected chi connectivity index (χ3v) is 3.78. The first-order chi connectivity index (χ1) is 14.0. The predicted octanol–water partition coefficient (Wildman–Crippen LogP) is 3.24. The molecule has 0 radical (unpaired) electrons. The molecule has 148 valence electrons. The molecule has 2 aromatic carbocycles. The van der Waals surface area contributed by atoms with Crippen molar-refractivity contribution in [3.8, 4) is 17.4 Å². The number of hydrazine groups is 1. The summed E-state index contributed by atoms with van der Waals surface area (Å²) >= 11 is 0. The Balaban J connectivity index is 1.60. The fraction of sp³-hybridized carbons (Fsp3) is 0.0952. The maximum Gasteiger partial charge on any atom is 0.279 e. The standard InChI is InChI=1S/C21H18FN3O4/c1-14(28-18-12-6-5-11-17(18)22)19(26)24-25-20(27)16-10-7-13-23-21(16)29-15-8-3-2-4-9-15/h2-14H,1H3,(H,24,26)(H,25,27). The number of carbonyl (C=O) groups is 2. The lowest BCUT2D eigenvalue weighted by molar-refractivity contribution is -0.128. The molecule has 1 atom stereocenters. The van der Waals surface area contributed by atoms with Crippen LogP contribution in [0, 0.1) is 5.82 Å². The molecule has 0 saturated heterocycles. The van der Waals surface area contributed by atoms with Crippen LogP contribution in [0.2, 0.25) is 0 Å². The number of aromatic nitrogens is 1. The first-order valence-corrected chi connectivity index (χ1v) is 8.74. The SMILES string of the molecule is CC(Oc1ccccc1F)C(=O)NNC(=O)c1cccnc1Oc1ccccc1. The Kier molecular flexibility index (Phi) is 6.36. The average molecular weight is 395 g/mol. The molecule has 7 nitrogen and oxygen atoms in total. The van der Waals surface area contributed by atoms with Gasteiger partial charge in [-0.1, -0.05) is 30.3 Å². The average Bonchev–Trinajstić information content (AvgIpc) is 2.74. The molecule has 8 heteroatoms. The largest absolute Gasteiger partial charge is 0.478 e. The van der Waals surface area contributed by atoms with E-state index in [9.17, 15) is 14.0 Å². The molecule has 0 saturated carbocycles. The van der Waals surface area contributed by atoms with Crippen molar-refractivity contribution in [2.45, 2.75) is 13.0 Å². The van der Waals surface area contributed by atoms with Crippen molar-refractivity contribution in [2.75, 3.05) is 0 Å². The number of benzene rings is 2. The van der Waals surface area contributed by atoms with Crippen molar-refractivity contribution in [1.82, 2.24) is 15.8 Å². The van der Waals surface area contributed by atoms with Gasteiger partial charge in [-0.15, -0.1) is 0 Å². The highest BCUT2D eigenvalue weighted by Gasteiger charge is 2.19. The Morgan fingerprint density at radius 1 is 0.966 bits per heavy atom. The summed E-state index contributed by atoms with van der Waals surface area (Å²) in [5, 5.41) is 0. The van der Waals surface area contributed by atoms with Crippen LogP contribution in [0.1, 0.15) is 17.3 Å². The van der Waals surface area contributed by atoms with E-state index in [4.69, 9.17) is 9.47 Å². The van der Waals surface area contributed by atoms with E-state index in [1.807, 2.05) is 6.07 Å². The number of para-hydroxylation sites is 2. The Bertz CT molecular complexity index is 998. The van der Waals surface area contributed by atoms with E-state index in [0.29, 0.717) is 5.75 Å². The molecule has 1 unspecified atom stereocenters. The molecule has 0 fully saturated rings. The minimum Gasteiger partial charge on any atom is -0.478 e. The van der Waals surface area contributed by atoms with Crippen molar-refractivity contribution >= 4 is 11.8 Å². The number of carbonyl (C=O) groups excluding carboxylic acids is 2. The van der Waals surface area contributed by atoms with Gasteiger partial charge >= 0.3 is 0 Å². The lowest BCUT2D eigenvalue weighted by Gasteiger charge is -2.16. The maximum atomic E-state index is 13.6. The van der Waals surface area contributed by atoms with Crippen LogP contribution in [0.3, 0.4) is 0 Å². The van der Waals surface area contributed by atoms with Crippen LogP contribution in [0.15, 0.2) is 72.9 Å². The van der Waals surface area contributed by atoms with Gasteiger partial charge in [-0.2, -0.15) is 0 Å². The minimum absolute atomic E-state index is 0.0627. The van der Waals surface area contributed by atoms with Gasteiger partial charge in [-0.3, -0.25) is 20.4 Å². The maximum absolute atomic E-state index is 13.6. The second-order valence-corrected chi connectivity index (χ2v) is 5.91. The van der Waals surface area contributed by atoms with E-state index in [2.05, 4.69) is 15.8 Å². The van der Waals surface area contributed by atoms with Crippen molar-refractivity contribution in [2.24, 2.45) is 0 Å². The molecule has 0 aliphatic rings. The monoisotopic (exact) mass is 395 g/mol. The van der Waals surface area contributed by atoms with Crippen LogP contribution < -0.4 is 20.3 Å². The van der Waals surface area contributed by atoms with E-state index >= 15 is 0 Å². The quantitative estimate of drug-likeness (QED) is 0.626. The minimum atomic E-state index is -1.04. The summed E-state index contributed by atoms with van der Waals surface area (Å²) in [7, 11) is 0. The van der Waals surface area contributed by atoms with Crippen LogP contribution in [0.4, 0.5) is 4.39 Å². The number of rotatable bonds is 6. The number of nitrogens with zero attached hydrogens (tertiary/aromatic N) is 1. The number of ether oxygens (including phenoxy) is 2. The Morgan fingerprint density at radius 2 is 1.69 bits per heavy atom. The van der Waals surface area contributed by atoms with Gasteiger partial charge in [0.15, 0.2) is 17.7 Å². The summed E-state index contributed by atoms with van der Waals surface area (Å²) in [4.78, 5) is 28.7. The molecule has 3 aromatic rings. The topological polar surface area (TPSA) is 89.6 Å². The molecular weight excluding hydrogens is 377 g/mol. The molecule has 2 N–H and O–H groups in total. The van der Waals surface area contributed by atoms with Gasteiger partial charge in [-0.25, -0.2) is 9.37 Å². The molecule has 2 amide bonds. The van der Waals surface area contributed by atoms with Crippen LogP contribution >= 0.6 is 0 Å². The second-order valence-electron chi connectivity index (χ2n) is 5.91. The summed E-state index contributed by atoms with van der Waals surface area (Å²) in [5.41, 5.74) is 4.64. The Labute approximate surface area is 166 Å². The lowest BCUT2D eigenvalue weighted by Crippen LogP contribution is -2.47. The number of hydrogen-bond acceptors (Lipinski definition) is 5. The molecule has 0 aliphatic heterocycles. The molecule has 0 aliphatic carbocycles. The highest BCUT2D eigenvalue weighted by atomic mass is 19.1. The molecule has 0 bridgehead atoms. The molecule has 0 spiro atoms. The summed E-state index contributed by atoms with van der Waals surface area (Å²) in [6.45, 7) is 1.43.